The van der Waals surface area contributed by atoms with E-state index in [1.54, 1.807) is 6.33 Å². The number of aromatic nitrogens is 2. The monoisotopic (exact) mass is 392 g/mol. The van der Waals surface area contributed by atoms with E-state index in [0.717, 1.165) is 17.2 Å². The van der Waals surface area contributed by atoms with Gasteiger partial charge in [0.1, 0.15) is 17.0 Å². The van der Waals surface area contributed by atoms with Crippen molar-refractivity contribution in [2.75, 3.05) is 25.0 Å². The van der Waals surface area contributed by atoms with E-state index in [-0.39, 0.29) is 0 Å². The van der Waals surface area contributed by atoms with Gasteiger partial charge in [0.25, 0.3) is 0 Å². The van der Waals surface area contributed by atoms with Gasteiger partial charge in [-0.2, -0.15) is 0 Å². The first-order chi connectivity index (χ1) is 13.9. The van der Waals surface area contributed by atoms with Gasteiger partial charge in [0.2, 0.25) is 0 Å². The van der Waals surface area contributed by atoms with Crippen molar-refractivity contribution < 1.29 is 0 Å². The second-order valence-corrected chi connectivity index (χ2v) is 9.10. The molecule has 0 radical (unpaired) electrons. The third-order valence-corrected chi connectivity index (χ3v) is 7.43. The summed E-state index contributed by atoms with van der Waals surface area (Å²) in [6.45, 7) is 3.27. The minimum Gasteiger partial charge on any atom is -0.367 e. The van der Waals surface area contributed by atoms with Crippen LogP contribution < -0.4 is 5.32 Å². The van der Waals surface area contributed by atoms with Crippen LogP contribution in [0.3, 0.4) is 0 Å². The highest BCUT2D eigenvalue weighted by Crippen LogP contribution is 2.38. The number of piperidine rings is 1. The fraction of sp³-hybridized carbons (Fsp3) is 0.478. The third kappa shape index (κ3) is 3.53. The number of nitrogens with zero attached hydrogens (tertiary/aromatic N) is 3. The van der Waals surface area contributed by atoms with E-state index >= 15 is 0 Å². The zero-order valence-corrected chi connectivity index (χ0v) is 17.2. The van der Waals surface area contributed by atoms with Crippen LogP contribution in [0.5, 0.6) is 0 Å². The van der Waals surface area contributed by atoms with Crippen LogP contribution in [0.15, 0.2) is 36.7 Å². The average Bonchev–Trinajstić information content (AvgIpc) is 3.15. The molecule has 1 saturated heterocycles. The van der Waals surface area contributed by atoms with Crippen LogP contribution in [0.1, 0.15) is 54.1 Å². The van der Waals surface area contributed by atoms with Crippen molar-refractivity contribution in [3.8, 4) is 0 Å². The Balaban J connectivity index is 1.44. The van der Waals surface area contributed by atoms with Gasteiger partial charge in [-0.05, 0) is 62.7 Å². The molecule has 0 amide bonds. The Labute approximate surface area is 171 Å². The summed E-state index contributed by atoms with van der Waals surface area (Å²) in [4.78, 5) is 14.6. The second-order valence-electron chi connectivity index (χ2n) is 8.02. The predicted molar refractivity (Wildman–Crippen MR) is 117 cm³/mol. The van der Waals surface area contributed by atoms with Crippen LogP contribution in [0, 0.1) is 0 Å². The van der Waals surface area contributed by atoms with Gasteiger partial charge < -0.3 is 5.32 Å². The molecule has 3 heterocycles. The van der Waals surface area contributed by atoms with E-state index < -0.39 is 0 Å². The van der Waals surface area contributed by atoms with Crippen LogP contribution in [0.4, 0.5) is 5.82 Å². The summed E-state index contributed by atoms with van der Waals surface area (Å²) in [7, 11) is 0. The van der Waals surface area contributed by atoms with Crippen molar-refractivity contribution in [2.45, 2.75) is 51.0 Å². The largest absolute Gasteiger partial charge is 0.367 e. The molecular formula is C23H28N4S. The fourth-order valence-corrected chi connectivity index (χ4v) is 6.01. The minimum absolute atomic E-state index is 0.390. The molecule has 0 spiro atoms. The summed E-state index contributed by atoms with van der Waals surface area (Å²) < 4.78 is 0. The number of nitrogens with one attached hydrogen (secondary N) is 1. The van der Waals surface area contributed by atoms with E-state index in [0.29, 0.717) is 6.04 Å². The topological polar surface area (TPSA) is 41.1 Å². The highest BCUT2D eigenvalue weighted by Gasteiger charge is 2.24. The maximum absolute atomic E-state index is 4.66. The van der Waals surface area contributed by atoms with Crippen molar-refractivity contribution in [3.05, 3.63) is 52.7 Å². The Morgan fingerprint density at radius 3 is 2.64 bits per heavy atom. The lowest BCUT2D eigenvalue weighted by Gasteiger charge is -2.35. The number of rotatable bonds is 5. The van der Waals surface area contributed by atoms with Gasteiger partial charge >= 0.3 is 0 Å². The zero-order chi connectivity index (χ0) is 18.8. The molecule has 1 fully saturated rings. The summed E-state index contributed by atoms with van der Waals surface area (Å²) in [5.41, 5.74) is 2.90. The van der Waals surface area contributed by atoms with E-state index in [1.165, 1.54) is 79.4 Å². The maximum atomic E-state index is 4.66. The molecule has 28 heavy (non-hydrogen) atoms. The Bertz CT molecular complexity index is 930. The van der Waals surface area contributed by atoms with Crippen molar-refractivity contribution in [2.24, 2.45) is 0 Å². The van der Waals surface area contributed by atoms with Crippen LogP contribution in [0.25, 0.3) is 10.2 Å². The molecule has 1 aliphatic carbocycles. The summed E-state index contributed by atoms with van der Waals surface area (Å²) >= 11 is 1.87. The number of aryl methyl sites for hydroxylation is 2. The number of anilines is 1. The highest BCUT2D eigenvalue weighted by molar-refractivity contribution is 7.19. The first-order valence-corrected chi connectivity index (χ1v) is 11.5. The Morgan fingerprint density at radius 1 is 0.964 bits per heavy atom. The highest BCUT2D eigenvalue weighted by atomic mass is 32.1. The third-order valence-electron chi connectivity index (χ3n) is 6.23. The van der Waals surface area contributed by atoms with E-state index in [9.17, 15) is 0 Å². The predicted octanol–water partition coefficient (Wildman–Crippen LogP) is 5.21. The first kappa shape index (κ1) is 18.1. The molecule has 1 aromatic carbocycles. The lowest BCUT2D eigenvalue weighted by atomic mass is 9.97. The standard InChI is InChI=1S/C23H28N4S/c1-3-9-17(10-4-1)19(27-13-7-2-8-14-27)15-24-22-21-18-11-5-6-12-20(18)28-23(21)26-16-25-22/h1,3-4,9-10,16,19H,2,5-8,11-15H2,(H,24,25,26). The minimum atomic E-state index is 0.390. The molecular weight excluding hydrogens is 364 g/mol. The van der Waals surface area contributed by atoms with Crippen LogP contribution in [0.2, 0.25) is 0 Å². The molecule has 1 aliphatic heterocycles. The summed E-state index contributed by atoms with van der Waals surface area (Å²) in [6.07, 6.45) is 10.7. The molecule has 5 heteroatoms. The van der Waals surface area contributed by atoms with Crippen molar-refractivity contribution in [1.82, 2.24) is 14.9 Å². The molecule has 4 nitrogen and oxygen atoms in total. The Hall–Kier alpha value is -1.98. The number of benzene rings is 1. The Morgan fingerprint density at radius 2 is 1.79 bits per heavy atom. The quantitative estimate of drug-likeness (QED) is 0.647. The van der Waals surface area contributed by atoms with Gasteiger partial charge in [-0.25, -0.2) is 9.97 Å². The van der Waals surface area contributed by atoms with E-state index in [1.807, 2.05) is 11.3 Å². The molecule has 1 atom stereocenters. The SMILES string of the molecule is c1ccc(C(CNc2ncnc3sc4c(c23)CCCC4)N2CCCCC2)cc1. The van der Waals surface area contributed by atoms with Gasteiger partial charge in [0.05, 0.1) is 11.4 Å². The number of likely N-dealkylation sites (tertiary alicyclic amines) is 1. The average molecular weight is 393 g/mol. The molecule has 1 unspecified atom stereocenters. The molecule has 146 valence electrons. The molecule has 0 bridgehead atoms. The normalized spacial score (nSPS) is 18.7. The van der Waals surface area contributed by atoms with E-state index in [4.69, 9.17) is 0 Å². The van der Waals surface area contributed by atoms with Crippen molar-refractivity contribution in [1.29, 1.82) is 0 Å². The number of fused-ring (bicyclic) bond motifs is 3. The van der Waals surface area contributed by atoms with Gasteiger partial charge in [-0.3, -0.25) is 4.90 Å². The first-order valence-electron chi connectivity index (χ1n) is 10.7. The fourth-order valence-electron chi connectivity index (χ4n) is 4.78. The summed E-state index contributed by atoms with van der Waals surface area (Å²) in [6, 6.07) is 11.3. The van der Waals surface area contributed by atoms with Crippen molar-refractivity contribution in [3.63, 3.8) is 0 Å². The molecule has 2 aliphatic rings. The summed E-state index contributed by atoms with van der Waals surface area (Å²) in [5, 5.41) is 5.02. The molecule has 2 aromatic heterocycles. The van der Waals surface area contributed by atoms with Gasteiger partial charge in [0, 0.05) is 11.4 Å². The number of hydrogen-bond acceptors (Lipinski definition) is 5. The van der Waals surface area contributed by atoms with Crippen LogP contribution in [-0.2, 0) is 12.8 Å². The summed E-state index contributed by atoms with van der Waals surface area (Å²) in [5.74, 6) is 1.03. The lowest BCUT2D eigenvalue weighted by molar-refractivity contribution is 0.170. The molecule has 3 aromatic rings. The number of hydrogen-bond donors (Lipinski definition) is 1. The lowest BCUT2D eigenvalue weighted by Crippen LogP contribution is -2.37. The molecule has 5 rings (SSSR count). The van der Waals surface area contributed by atoms with Gasteiger partial charge in [-0.1, -0.05) is 36.8 Å². The van der Waals surface area contributed by atoms with Gasteiger partial charge in [-0.15, -0.1) is 11.3 Å². The maximum Gasteiger partial charge on any atom is 0.138 e. The second kappa shape index (κ2) is 8.18. The molecule has 1 N–H and O–H groups in total. The van der Waals surface area contributed by atoms with Gasteiger partial charge in [0.15, 0.2) is 0 Å². The zero-order valence-electron chi connectivity index (χ0n) is 16.4. The molecule has 0 saturated carbocycles. The van der Waals surface area contributed by atoms with E-state index in [2.05, 4.69) is 50.5 Å². The number of thiophene rings is 1. The van der Waals surface area contributed by atoms with Crippen LogP contribution >= 0.6 is 11.3 Å². The van der Waals surface area contributed by atoms with Crippen LogP contribution in [-0.4, -0.2) is 34.5 Å². The smallest absolute Gasteiger partial charge is 0.138 e. The van der Waals surface area contributed by atoms with Crippen molar-refractivity contribution >= 4 is 27.4 Å². The Kier molecular flexibility index (Phi) is 5.28.